The standard InChI is InChI=1S/C29H20F2O3/c1-17-8-10-18(11-9-17)26-23-14-20(22-13-12-21(30)16-25(22)31)15-24(29(32)33-2)28(23)34-27(26)19-6-4-3-5-7-19/h3-16H,1-2H3. The summed E-state index contributed by atoms with van der Waals surface area (Å²) < 4.78 is 39.6. The van der Waals surface area contributed by atoms with Crippen LogP contribution < -0.4 is 0 Å². The number of ether oxygens (including phenoxy) is 1. The van der Waals surface area contributed by atoms with E-state index >= 15 is 0 Å². The fraction of sp³-hybridized carbons (Fsp3) is 0.0690. The van der Waals surface area contributed by atoms with Crippen LogP contribution in [-0.2, 0) is 4.74 Å². The number of rotatable bonds is 4. The lowest BCUT2D eigenvalue weighted by atomic mass is 9.94. The molecule has 0 spiro atoms. The third-order valence-electron chi connectivity index (χ3n) is 5.81. The van der Waals surface area contributed by atoms with Gasteiger partial charge in [0.25, 0.3) is 0 Å². The van der Waals surface area contributed by atoms with Gasteiger partial charge in [0.05, 0.1) is 7.11 Å². The van der Waals surface area contributed by atoms with E-state index in [1.165, 1.54) is 25.3 Å². The number of methoxy groups -OCH3 is 1. The number of halogens is 2. The van der Waals surface area contributed by atoms with E-state index in [4.69, 9.17) is 9.15 Å². The summed E-state index contributed by atoms with van der Waals surface area (Å²) in [7, 11) is 1.28. The van der Waals surface area contributed by atoms with E-state index in [0.717, 1.165) is 28.3 Å². The smallest absolute Gasteiger partial charge is 0.341 e. The van der Waals surface area contributed by atoms with Gasteiger partial charge in [-0.3, -0.25) is 0 Å². The number of hydrogen-bond acceptors (Lipinski definition) is 3. The van der Waals surface area contributed by atoms with Gasteiger partial charge < -0.3 is 9.15 Å². The van der Waals surface area contributed by atoms with Gasteiger partial charge in [-0.15, -0.1) is 0 Å². The molecule has 0 atom stereocenters. The fourth-order valence-corrected chi connectivity index (χ4v) is 4.14. The Bertz CT molecular complexity index is 1520. The normalized spacial score (nSPS) is 11.1. The van der Waals surface area contributed by atoms with E-state index in [1.807, 2.05) is 61.5 Å². The first-order chi connectivity index (χ1) is 16.5. The predicted molar refractivity (Wildman–Crippen MR) is 129 cm³/mol. The number of benzene rings is 4. The van der Waals surface area contributed by atoms with Crippen molar-refractivity contribution in [3.63, 3.8) is 0 Å². The van der Waals surface area contributed by atoms with Crippen molar-refractivity contribution < 1.29 is 22.7 Å². The number of esters is 1. The SMILES string of the molecule is COC(=O)c1cc(-c2ccc(F)cc2F)cc2c(-c3ccc(C)cc3)c(-c3ccccc3)oc12. The Morgan fingerprint density at radius 2 is 1.56 bits per heavy atom. The molecular weight excluding hydrogens is 434 g/mol. The van der Waals surface area contributed by atoms with E-state index in [9.17, 15) is 13.6 Å². The minimum absolute atomic E-state index is 0.161. The largest absolute Gasteiger partial charge is 0.465 e. The second-order valence-corrected chi connectivity index (χ2v) is 8.05. The molecule has 0 radical (unpaired) electrons. The molecule has 0 aliphatic heterocycles. The summed E-state index contributed by atoms with van der Waals surface area (Å²) in [5, 5.41) is 0.629. The molecule has 0 fully saturated rings. The van der Waals surface area contributed by atoms with Gasteiger partial charge in [-0.25, -0.2) is 13.6 Å². The van der Waals surface area contributed by atoms with Gasteiger partial charge in [-0.1, -0.05) is 60.2 Å². The highest BCUT2D eigenvalue weighted by atomic mass is 19.1. The van der Waals surface area contributed by atoms with Crippen molar-refractivity contribution >= 4 is 16.9 Å². The van der Waals surface area contributed by atoms with Crippen LogP contribution in [-0.4, -0.2) is 13.1 Å². The second kappa shape index (κ2) is 8.60. The van der Waals surface area contributed by atoms with Crippen LogP contribution in [0.5, 0.6) is 0 Å². The van der Waals surface area contributed by atoms with Crippen LogP contribution in [0.3, 0.4) is 0 Å². The van der Waals surface area contributed by atoms with E-state index in [0.29, 0.717) is 22.3 Å². The van der Waals surface area contributed by atoms with Gasteiger partial charge in [0.1, 0.15) is 28.5 Å². The monoisotopic (exact) mass is 454 g/mol. The zero-order valence-electron chi connectivity index (χ0n) is 18.6. The van der Waals surface area contributed by atoms with Crippen LogP contribution in [0, 0.1) is 18.6 Å². The van der Waals surface area contributed by atoms with Crippen molar-refractivity contribution in [3.8, 4) is 33.6 Å². The average molecular weight is 454 g/mol. The van der Waals surface area contributed by atoms with Crippen molar-refractivity contribution in [3.05, 3.63) is 108 Å². The molecule has 5 heteroatoms. The van der Waals surface area contributed by atoms with Gasteiger partial charge in [0.2, 0.25) is 0 Å². The lowest BCUT2D eigenvalue weighted by Crippen LogP contribution is -2.02. The van der Waals surface area contributed by atoms with Crippen LogP contribution in [0.15, 0.2) is 89.3 Å². The second-order valence-electron chi connectivity index (χ2n) is 8.05. The molecule has 0 aliphatic rings. The molecule has 5 rings (SSSR count). The van der Waals surface area contributed by atoms with Crippen molar-refractivity contribution in [1.82, 2.24) is 0 Å². The molecule has 0 saturated heterocycles. The highest BCUT2D eigenvalue weighted by molar-refractivity contribution is 6.11. The van der Waals surface area contributed by atoms with Crippen LogP contribution in [0.1, 0.15) is 15.9 Å². The molecule has 0 unspecified atom stereocenters. The van der Waals surface area contributed by atoms with Crippen molar-refractivity contribution in [2.75, 3.05) is 7.11 Å². The van der Waals surface area contributed by atoms with Crippen LogP contribution in [0.2, 0.25) is 0 Å². The molecule has 0 aliphatic carbocycles. The molecule has 0 N–H and O–H groups in total. The molecule has 168 valence electrons. The summed E-state index contributed by atoms with van der Waals surface area (Å²) in [6.45, 7) is 2.00. The highest BCUT2D eigenvalue weighted by Gasteiger charge is 2.24. The van der Waals surface area contributed by atoms with E-state index in [-0.39, 0.29) is 11.1 Å². The first-order valence-corrected chi connectivity index (χ1v) is 10.7. The average Bonchev–Trinajstić information content (AvgIpc) is 3.23. The maximum Gasteiger partial charge on any atom is 0.341 e. The number of aryl methyl sites for hydroxylation is 1. The molecule has 5 aromatic rings. The maximum atomic E-state index is 14.7. The molecule has 0 amide bonds. The summed E-state index contributed by atoms with van der Waals surface area (Å²) in [6, 6.07) is 24.2. The predicted octanol–water partition coefficient (Wildman–Crippen LogP) is 7.81. The molecule has 1 aromatic heterocycles. The fourth-order valence-electron chi connectivity index (χ4n) is 4.14. The number of carbonyl (C=O) groups excluding carboxylic acids is 1. The number of fused-ring (bicyclic) bond motifs is 1. The lowest BCUT2D eigenvalue weighted by molar-refractivity contribution is 0.0602. The minimum atomic E-state index is -0.723. The molecular formula is C29H20F2O3. The highest BCUT2D eigenvalue weighted by Crippen LogP contribution is 2.44. The van der Waals surface area contributed by atoms with Gasteiger partial charge >= 0.3 is 5.97 Å². The van der Waals surface area contributed by atoms with Crippen LogP contribution in [0.25, 0.3) is 44.5 Å². The number of hydrogen-bond donors (Lipinski definition) is 0. The molecule has 0 saturated carbocycles. The molecule has 1 heterocycles. The molecule has 34 heavy (non-hydrogen) atoms. The van der Waals surface area contributed by atoms with Gasteiger partial charge in [0, 0.05) is 28.1 Å². The van der Waals surface area contributed by atoms with Crippen molar-refractivity contribution in [2.24, 2.45) is 0 Å². The van der Waals surface area contributed by atoms with Gasteiger partial charge in [-0.05, 0) is 42.3 Å². The van der Waals surface area contributed by atoms with E-state index < -0.39 is 17.6 Å². The zero-order chi connectivity index (χ0) is 23.8. The summed E-state index contributed by atoms with van der Waals surface area (Å²) in [5.41, 5.74) is 4.68. The summed E-state index contributed by atoms with van der Waals surface area (Å²) in [6.07, 6.45) is 0. The first-order valence-electron chi connectivity index (χ1n) is 10.7. The Kier molecular flexibility index (Phi) is 5.46. The topological polar surface area (TPSA) is 39.4 Å². The molecule has 0 bridgehead atoms. The summed E-state index contributed by atoms with van der Waals surface area (Å²) >= 11 is 0. The van der Waals surface area contributed by atoms with Crippen LogP contribution in [0.4, 0.5) is 8.78 Å². The van der Waals surface area contributed by atoms with Gasteiger partial charge in [0.15, 0.2) is 0 Å². The van der Waals surface area contributed by atoms with Gasteiger partial charge in [-0.2, -0.15) is 0 Å². The first kappa shape index (κ1) is 21.6. The van der Waals surface area contributed by atoms with Crippen molar-refractivity contribution in [2.45, 2.75) is 6.92 Å². The number of carbonyl (C=O) groups is 1. The summed E-state index contributed by atoms with van der Waals surface area (Å²) in [5.74, 6) is -1.43. The Morgan fingerprint density at radius 1 is 0.824 bits per heavy atom. The van der Waals surface area contributed by atoms with E-state index in [2.05, 4.69) is 0 Å². The Morgan fingerprint density at radius 3 is 2.24 bits per heavy atom. The molecule has 4 aromatic carbocycles. The van der Waals surface area contributed by atoms with E-state index in [1.54, 1.807) is 6.07 Å². The third kappa shape index (κ3) is 3.75. The summed E-state index contributed by atoms with van der Waals surface area (Å²) in [4.78, 5) is 12.8. The Hall–Kier alpha value is -4.25. The van der Waals surface area contributed by atoms with Crippen LogP contribution >= 0.6 is 0 Å². The molecule has 3 nitrogen and oxygen atoms in total. The minimum Gasteiger partial charge on any atom is -0.465 e. The maximum absolute atomic E-state index is 14.7. The lowest BCUT2D eigenvalue weighted by Gasteiger charge is -2.09. The van der Waals surface area contributed by atoms with Crippen molar-refractivity contribution in [1.29, 1.82) is 0 Å². The Balaban J connectivity index is 1.89. The quantitative estimate of drug-likeness (QED) is 0.260. The third-order valence-corrected chi connectivity index (χ3v) is 5.81. The Labute approximate surface area is 195 Å². The number of furan rings is 1. The zero-order valence-corrected chi connectivity index (χ0v) is 18.6.